The molecule has 0 bridgehead atoms. The summed E-state index contributed by atoms with van der Waals surface area (Å²) in [6, 6.07) is -1.06. The first-order valence-corrected chi connectivity index (χ1v) is 6.11. The van der Waals surface area contributed by atoms with Gasteiger partial charge in [-0.3, -0.25) is 9.59 Å². The van der Waals surface area contributed by atoms with Gasteiger partial charge in [0.15, 0.2) is 0 Å². The van der Waals surface area contributed by atoms with Crippen LogP contribution in [0.3, 0.4) is 0 Å². The Morgan fingerprint density at radius 1 is 1.26 bits per heavy atom. The summed E-state index contributed by atoms with van der Waals surface area (Å²) in [7, 11) is 1.51. The minimum absolute atomic E-state index is 0.0307. The molecule has 0 saturated carbocycles. The fraction of sp³-hybridized carbons (Fsp3) is 0.750. The molecular formula is C12H21NO6. The van der Waals surface area contributed by atoms with E-state index in [1.165, 1.54) is 7.11 Å². The third-order valence-corrected chi connectivity index (χ3v) is 2.40. The van der Waals surface area contributed by atoms with Gasteiger partial charge in [0, 0.05) is 20.0 Å². The monoisotopic (exact) mass is 275 g/mol. The van der Waals surface area contributed by atoms with E-state index in [0.29, 0.717) is 13.0 Å². The predicted octanol–water partition coefficient (Wildman–Crippen LogP) is -0.0219. The number of hydrogen-bond donors (Lipinski definition) is 2. The highest BCUT2D eigenvalue weighted by Crippen LogP contribution is 2.01. The van der Waals surface area contributed by atoms with Gasteiger partial charge in [-0.2, -0.15) is 0 Å². The van der Waals surface area contributed by atoms with Gasteiger partial charge >= 0.3 is 5.97 Å². The highest BCUT2D eigenvalue weighted by atomic mass is 16.5. The fourth-order valence-corrected chi connectivity index (χ4v) is 1.28. The fourth-order valence-electron chi connectivity index (χ4n) is 1.28. The van der Waals surface area contributed by atoms with Crippen molar-refractivity contribution >= 4 is 17.7 Å². The van der Waals surface area contributed by atoms with Crippen LogP contribution in [0.2, 0.25) is 0 Å². The van der Waals surface area contributed by atoms with Crippen LogP contribution in [0.4, 0.5) is 0 Å². The van der Waals surface area contributed by atoms with Crippen LogP contribution in [0.1, 0.15) is 26.2 Å². The molecule has 1 atom stereocenters. The Morgan fingerprint density at radius 3 is 2.47 bits per heavy atom. The molecule has 0 aliphatic carbocycles. The van der Waals surface area contributed by atoms with E-state index in [-0.39, 0.29) is 31.8 Å². The summed E-state index contributed by atoms with van der Waals surface area (Å²) < 4.78 is 9.70. The maximum atomic E-state index is 11.4. The predicted molar refractivity (Wildman–Crippen MR) is 66.8 cm³/mol. The molecule has 0 aromatic rings. The first kappa shape index (κ1) is 17.5. The van der Waals surface area contributed by atoms with E-state index in [4.69, 9.17) is 14.6 Å². The molecule has 0 aliphatic heterocycles. The Balaban J connectivity index is 4.01. The SMILES string of the molecule is CCC(=O)CC[C@@H](NC(=O)COCCOC)C(=O)O. The lowest BCUT2D eigenvalue weighted by molar-refractivity contribution is -0.143. The molecule has 0 rings (SSSR count). The van der Waals surface area contributed by atoms with Gasteiger partial charge in [0.1, 0.15) is 18.4 Å². The van der Waals surface area contributed by atoms with Gasteiger partial charge in [-0.1, -0.05) is 6.92 Å². The van der Waals surface area contributed by atoms with Gasteiger partial charge in [0.2, 0.25) is 5.91 Å². The molecule has 0 aromatic carbocycles. The van der Waals surface area contributed by atoms with Crippen LogP contribution in [-0.4, -0.2) is 55.7 Å². The maximum absolute atomic E-state index is 11.4. The number of ketones is 1. The zero-order valence-electron chi connectivity index (χ0n) is 11.3. The molecule has 0 aliphatic rings. The number of aliphatic carboxylic acids is 1. The second-order valence-electron chi connectivity index (χ2n) is 3.93. The van der Waals surface area contributed by atoms with Crippen molar-refractivity contribution in [1.29, 1.82) is 0 Å². The molecule has 0 spiro atoms. The Bertz CT molecular complexity index is 305. The summed E-state index contributed by atoms with van der Waals surface area (Å²) in [5.41, 5.74) is 0. The van der Waals surface area contributed by atoms with Crippen molar-refractivity contribution in [3.05, 3.63) is 0 Å². The van der Waals surface area contributed by atoms with Gasteiger partial charge in [-0.15, -0.1) is 0 Å². The van der Waals surface area contributed by atoms with Crippen LogP contribution < -0.4 is 5.32 Å². The number of ether oxygens (including phenoxy) is 2. The van der Waals surface area contributed by atoms with Crippen molar-refractivity contribution in [2.45, 2.75) is 32.2 Å². The summed E-state index contributed by atoms with van der Waals surface area (Å²) in [5, 5.41) is 11.2. The molecule has 0 fully saturated rings. The smallest absolute Gasteiger partial charge is 0.326 e. The van der Waals surface area contributed by atoms with Gasteiger partial charge in [-0.05, 0) is 6.42 Å². The van der Waals surface area contributed by atoms with Gasteiger partial charge < -0.3 is 19.9 Å². The van der Waals surface area contributed by atoms with Crippen molar-refractivity contribution in [3.63, 3.8) is 0 Å². The molecule has 110 valence electrons. The first-order chi connectivity index (χ1) is 9.01. The van der Waals surface area contributed by atoms with E-state index in [2.05, 4.69) is 5.32 Å². The van der Waals surface area contributed by atoms with E-state index >= 15 is 0 Å². The largest absolute Gasteiger partial charge is 0.480 e. The number of carbonyl (C=O) groups is 3. The maximum Gasteiger partial charge on any atom is 0.326 e. The number of carboxylic acids is 1. The summed E-state index contributed by atoms with van der Waals surface area (Å²) in [4.78, 5) is 33.5. The molecule has 7 heteroatoms. The number of amides is 1. The van der Waals surface area contributed by atoms with Crippen LogP contribution in [0.25, 0.3) is 0 Å². The normalized spacial score (nSPS) is 11.9. The van der Waals surface area contributed by atoms with E-state index in [0.717, 1.165) is 0 Å². The standard InChI is InChI=1S/C12H21NO6/c1-3-9(14)4-5-10(12(16)17)13-11(15)8-19-7-6-18-2/h10H,3-8H2,1-2H3,(H,13,15)(H,16,17)/t10-/m1/s1. The van der Waals surface area contributed by atoms with E-state index in [1.54, 1.807) is 6.92 Å². The van der Waals surface area contributed by atoms with Gasteiger partial charge in [0.05, 0.1) is 13.2 Å². The van der Waals surface area contributed by atoms with E-state index < -0.39 is 17.9 Å². The molecule has 0 radical (unpaired) electrons. The lowest BCUT2D eigenvalue weighted by Gasteiger charge is -2.14. The second-order valence-corrected chi connectivity index (χ2v) is 3.93. The molecule has 1 amide bonds. The Kier molecular flexibility index (Phi) is 9.64. The summed E-state index contributed by atoms with van der Waals surface area (Å²) in [5.74, 6) is -1.71. The third-order valence-electron chi connectivity index (χ3n) is 2.40. The van der Waals surface area contributed by atoms with Crippen molar-refractivity contribution < 1.29 is 29.0 Å². The van der Waals surface area contributed by atoms with Crippen molar-refractivity contribution in [2.24, 2.45) is 0 Å². The quantitative estimate of drug-likeness (QED) is 0.514. The van der Waals surface area contributed by atoms with Crippen LogP contribution in [0.15, 0.2) is 0 Å². The molecule has 0 aromatic heterocycles. The Morgan fingerprint density at radius 2 is 1.95 bits per heavy atom. The molecule has 0 saturated heterocycles. The number of Topliss-reactive ketones (excluding diaryl/α,β-unsaturated/α-hetero) is 1. The number of rotatable bonds is 11. The van der Waals surface area contributed by atoms with Crippen LogP contribution >= 0.6 is 0 Å². The second kappa shape index (κ2) is 10.5. The Hall–Kier alpha value is -1.47. The molecule has 0 unspecified atom stereocenters. The molecular weight excluding hydrogens is 254 g/mol. The summed E-state index contributed by atoms with van der Waals surface area (Å²) in [6.45, 7) is 2.10. The van der Waals surface area contributed by atoms with Gasteiger partial charge in [0.25, 0.3) is 0 Å². The number of carbonyl (C=O) groups excluding carboxylic acids is 2. The molecule has 0 heterocycles. The van der Waals surface area contributed by atoms with Crippen LogP contribution in [0, 0.1) is 0 Å². The summed E-state index contributed by atoms with van der Waals surface area (Å²) in [6.07, 6.45) is 0.588. The molecule has 2 N–H and O–H groups in total. The van der Waals surface area contributed by atoms with E-state index in [9.17, 15) is 14.4 Å². The third kappa shape index (κ3) is 9.15. The van der Waals surface area contributed by atoms with Crippen LogP contribution in [-0.2, 0) is 23.9 Å². The lowest BCUT2D eigenvalue weighted by Crippen LogP contribution is -2.42. The van der Waals surface area contributed by atoms with Gasteiger partial charge in [-0.25, -0.2) is 4.79 Å². The number of hydrogen-bond acceptors (Lipinski definition) is 5. The topological polar surface area (TPSA) is 102 Å². The van der Waals surface area contributed by atoms with Crippen molar-refractivity contribution in [3.8, 4) is 0 Å². The van der Waals surface area contributed by atoms with Crippen molar-refractivity contribution in [2.75, 3.05) is 26.9 Å². The highest BCUT2D eigenvalue weighted by molar-refractivity contribution is 5.85. The average molecular weight is 275 g/mol. The Labute approximate surface area is 112 Å². The van der Waals surface area contributed by atoms with E-state index in [1.807, 2.05) is 0 Å². The van der Waals surface area contributed by atoms with Crippen LogP contribution in [0.5, 0.6) is 0 Å². The minimum Gasteiger partial charge on any atom is -0.480 e. The number of carboxylic acid groups (broad SMARTS) is 1. The molecule has 7 nitrogen and oxygen atoms in total. The minimum atomic E-state index is -1.16. The number of nitrogens with one attached hydrogen (secondary N) is 1. The zero-order chi connectivity index (χ0) is 14.7. The summed E-state index contributed by atoms with van der Waals surface area (Å²) >= 11 is 0. The average Bonchev–Trinajstić information content (AvgIpc) is 2.38. The highest BCUT2D eigenvalue weighted by Gasteiger charge is 2.20. The number of methoxy groups -OCH3 is 1. The zero-order valence-corrected chi connectivity index (χ0v) is 11.3. The van der Waals surface area contributed by atoms with Crippen molar-refractivity contribution in [1.82, 2.24) is 5.32 Å². The lowest BCUT2D eigenvalue weighted by atomic mass is 10.1. The first-order valence-electron chi connectivity index (χ1n) is 6.11. The molecule has 19 heavy (non-hydrogen) atoms.